The number of benzene rings is 1. The number of carbonyl (C=O) groups is 1. The van der Waals surface area contributed by atoms with Crippen LogP contribution >= 0.6 is 0 Å². The molecule has 1 aromatic heterocycles. The Morgan fingerprint density at radius 2 is 1.96 bits per heavy atom. The number of phenols is 1. The highest BCUT2D eigenvalue weighted by molar-refractivity contribution is 5.86. The number of amides is 1. The van der Waals surface area contributed by atoms with Gasteiger partial charge in [-0.25, -0.2) is 4.79 Å². The van der Waals surface area contributed by atoms with Crippen LogP contribution in [0.25, 0.3) is 11.0 Å². The average molecular weight is 361 g/mol. The van der Waals surface area contributed by atoms with Gasteiger partial charge in [0.05, 0.1) is 31.3 Å². The molecule has 1 N–H and O–H groups in total. The van der Waals surface area contributed by atoms with Gasteiger partial charge < -0.3 is 23.9 Å². The summed E-state index contributed by atoms with van der Waals surface area (Å²) in [6.45, 7) is 6.61. The molecule has 7 nitrogen and oxygen atoms in total. The summed E-state index contributed by atoms with van der Waals surface area (Å²) in [5.41, 5.74) is 0.664. The van der Waals surface area contributed by atoms with Gasteiger partial charge in [0.2, 0.25) is 5.91 Å². The first-order chi connectivity index (χ1) is 12.3. The lowest BCUT2D eigenvalue weighted by Crippen LogP contribution is -2.49. The van der Waals surface area contributed by atoms with Gasteiger partial charge >= 0.3 is 5.63 Å². The van der Waals surface area contributed by atoms with Crippen LogP contribution in [0.5, 0.6) is 11.5 Å². The standard InChI is InChI=1S/C19H23NO6/c1-10-8-20(9-11(2)25-10)18(22)6-14-12(3)13-5-17(24-4)15(21)7-16(13)26-19(14)23/h5,7,10-11,21H,6,8-9H2,1-4H3/t10-,11-/m1/s1. The number of hydrogen-bond donors (Lipinski definition) is 1. The molecule has 1 aromatic carbocycles. The van der Waals surface area contributed by atoms with Crippen molar-refractivity contribution in [2.45, 2.75) is 39.4 Å². The van der Waals surface area contributed by atoms with Crippen molar-refractivity contribution in [2.24, 2.45) is 0 Å². The Bertz CT molecular complexity index is 893. The summed E-state index contributed by atoms with van der Waals surface area (Å²) >= 11 is 0. The molecule has 1 saturated heterocycles. The number of aryl methyl sites for hydroxylation is 1. The number of methoxy groups -OCH3 is 1. The molecule has 26 heavy (non-hydrogen) atoms. The molecular formula is C19H23NO6. The second-order valence-electron chi connectivity index (χ2n) is 6.75. The Labute approximate surface area is 151 Å². The van der Waals surface area contributed by atoms with Gasteiger partial charge in [0.15, 0.2) is 11.5 Å². The zero-order chi connectivity index (χ0) is 19.0. The Balaban J connectivity index is 1.96. The van der Waals surface area contributed by atoms with Crippen LogP contribution in [0.1, 0.15) is 25.0 Å². The second-order valence-corrected chi connectivity index (χ2v) is 6.75. The van der Waals surface area contributed by atoms with E-state index in [2.05, 4.69) is 0 Å². The molecular weight excluding hydrogens is 338 g/mol. The smallest absolute Gasteiger partial charge is 0.340 e. The molecule has 0 saturated carbocycles. The van der Waals surface area contributed by atoms with Gasteiger partial charge in [-0.3, -0.25) is 4.79 Å². The highest BCUT2D eigenvalue weighted by Crippen LogP contribution is 2.32. The topological polar surface area (TPSA) is 89.2 Å². The maximum atomic E-state index is 12.7. The first-order valence-corrected chi connectivity index (χ1v) is 8.56. The normalized spacial score (nSPS) is 20.4. The zero-order valence-electron chi connectivity index (χ0n) is 15.4. The lowest BCUT2D eigenvalue weighted by Gasteiger charge is -2.35. The van der Waals surface area contributed by atoms with Crippen molar-refractivity contribution in [2.75, 3.05) is 20.2 Å². The molecule has 140 valence electrons. The molecule has 0 bridgehead atoms. The van der Waals surface area contributed by atoms with E-state index in [4.69, 9.17) is 13.9 Å². The largest absolute Gasteiger partial charge is 0.504 e. The molecule has 1 fully saturated rings. The number of phenolic OH excluding ortho intramolecular Hbond substituents is 1. The van der Waals surface area contributed by atoms with Crippen LogP contribution in [0, 0.1) is 6.92 Å². The van der Waals surface area contributed by atoms with Gasteiger partial charge in [-0.15, -0.1) is 0 Å². The van der Waals surface area contributed by atoms with Crippen molar-refractivity contribution in [3.05, 3.63) is 33.7 Å². The number of hydrogen-bond acceptors (Lipinski definition) is 6. The summed E-state index contributed by atoms with van der Waals surface area (Å²) in [6.07, 6.45) is -0.111. The third-order valence-corrected chi connectivity index (χ3v) is 4.69. The van der Waals surface area contributed by atoms with Crippen LogP contribution in [0.3, 0.4) is 0 Å². The lowest BCUT2D eigenvalue weighted by molar-refractivity contribution is -0.142. The summed E-state index contributed by atoms with van der Waals surface area (Å²) in [4.78, 5) is 26.8. The van der Waals surface area contributed by atoms with Crippen LogP contribution in [-0.2, 0) is 16.0 Å². The first kappa shape index (κ1) is 18.3. The number of rotatable bonds is 3. The molecule has 1 aliphatic heterocycles. The van der Waals surface area contributed by atoms with Crippen LogP contribution < -0.4 is 10.4 Å². The van der Waals surface area contributed by atoms with E-state index >= 15 is 0 Å². The maximum absolute atomic E-state index is 12.7. The quantitative estimate of drug-likeness (QED) is 0.841. The van der Waals surface area contributed by atoms with Crippen molar-refractivity contribution in [1.29, 1.82) is 0 Å². The third kappa shape index (κ3) is 3.39. The van der Waals surface area contributed by atoms with E-state index in [1.54, 1.807) is 17.9 Å². The monoisotopic (exact) mass is 361 g/mol. The summed E-state index contributed by atoms with van der Waals surface area (Å²) in [7, 11) is 1.44. The van der Waals surface area contributed by atoms with E-state index in [1.807, 2.05) is 13.8 Å². The maximum Gasteiger partial charge on any atom is 0.340 e. The molecule has 2 atom stereocenters. The molecule has 0 aliphatic carbocycles. The van der Waals surface area contributed by atoms with E-state index in [0.717, 1.165) is 0 Å². The molecule has 2 heterocycles. The Morgan fingerprint density at radius 1 is 1.31 bits per heavy atom. The predicted octanol–water partition coefficient (Wildman–Crippen LogP) is 1.99. The van der Waals surface area contributed by atoms with Crippen LogP contribution in [0.15, 0.2) is 21.3 Å². The minimum Gasteiger partial charge on any atom is -0.504 e. The van der Waals surface area contributed by atoms with E-state index < -0.39 is 5.63 Å². The van der Waals surface area contributed by atoms with Gasteiger partial charge in [0.1, 0.15) is 5.58 Å². The lowest BCUT2D eigenvalue weighted by atomic mass is 10.0. The van der Waals surface area contributed by atoms with Gasteiger partial charge in [0, 0.05) is 24.5 Å². The highest BCUT2D eigenvalue weighted by Gasteiger charge is 2.27. The van der Waals surface area contributed by atoms with E-state index in [0.29, 0.717) is 29.6 Å². The van der Waals surface area contributed by atoms with Crippen LogP contribution in [0.2, 0.25) is 0 Å². The van der Waals surface area contributed by atoms with E-state index in [-0.39, 0.29) is 41.6 Å². The van der Waals surface area contributed by atoms with E-state index in [1.165, 1.54) is 13.2 Å². The van der Waals surface area contributed by atoms with Gasteiger partial charge in [-0.1, -0.05) is 0 Å². The fraction of sp³-hybridized carbons (Fsp3) is 0.474. The number of fused-ring (bicyclic) bond motifs is 1. The fourth-order valence-electron chi connectivity index (χ4n) is 3.42. The SMILES string of the molecule is COc1cc2c(C)c(CC(=O)N3C[C@@H](C)O[C@H](C)C3)c(=O)oc2cc1O. The molecule has 0 unspecified atom stereocenters. The number of ether oxygens (including phenoxy) is 2. The molecule has 1 amide bonds. The van der Waals surface area contributed by atoms with Crippen molar-refractivity contribution in [1.82, 2.24) is 4.90 Å². The fourth-order valence-corrected chi connectivity index (χ4v) is 3.42. The van der Waals surface area contributed by atoms with Gasteiger partial charge in [0.25, 0.3) is 0 Å². The predicted molar refractivity (Wildman–Crippen MR) is 95.7 cm³/mol. The number of carbonyl (C=O) groups excluding carboxylic acids is 1. The zero-order valence-corrected chi connectivity index (χ0v) is 15.4. The average Bonchev–Trinajstić information content (AvgIpc) is 2.57. The molecule has 7 heteroatoms. The third-order valence-electron chi connectivity index (χ3n) is 4.69. The van der Waals surface area contributed by atoms with Gasteiger partial charge in [-0.2, -0.15) is 0 Å². The Kier molecular flexibility index (Phi) is 4.91. The Hall–Kier alpha value is -2.54. The van der Waals surface area contributed by atoms with Crippen molar-refractivity contribution in [3.63, 3.8) is 0 Å². The summed E-state index contributed by atoms with van der Waals surface area (Å²) in [5.74, 6) is 0.0396. The summed E-state index contributed by atoms with van der Waals surface area (Å²) in [5, 5.41) is 10.5. The number of aromatic hydroxyl groups is 1. The second kappa shape index (κ2) is 6.99. The van der Waals surface area contributed by atoms with Crippen molar-refractivity contribution in [3.8, 4) is 11.5 Å². The van der Waals surface area contributed by atoms with Crippen molar-refractivity contribution >= 4 is 16.9 Å². The van der Waals surface area contributed by atoms with Crippen molar-refractivity contribution < 1.29 is 23.8 Å². The Morgan fingerprint density at radius 3 is 2.58 bits per heavy atom. The molecule has 0 spiro atoms. The minimum absolute atomic E-state index is 0.0350. The summed E-state index contributed by atoms with van der Waals surface area (Å²) in [6, 6.07) is 2.95. The number of morpholine rings is 1. The molecule has 0 radical (unpaired) electrons. The van der Waals surface area contributed by atoms with Gasteiger partial charge in [-0.05, 0) is 32.4 Å². The molecule has 2 aromatic rings. The van der Waals surface area contributed by atoms with Crippen LogP contribution in [0.4, 0.5) is 0 Å². The van der Waals surface area contributed by atoms with E-state index in [9.17, 15) is 14.7 Å². The summed E-state index contributed by atoms with van der Waals surface area (Å²) < 4.78 is 16.1. The molecule has 1 aliphatic rings. The minimum atomic E-state index is -0.567. The number of nitrogens with zero attached hydrogens (tertiary/aromatic N) is 1. The highest BCUT2D eigenvalue weighted by atomic mass is 16.5. The molecule has 3 rings (SSSR count). The first-order valence-electron chi connectivity index (χ1n) is 8.56. The van der Waals surface area contributed by atoms with Crippen LogP contribution in [-0.4, -0.2) is 48.3 Å².